The Hall–Kier alpha value is -2.53. The highest BCUT2D eigenvalue weighted by Crippen LogP contribution is 2.40. The average molecular weight is 387 g/mol. The highest BCUT2D eigenvalue weighted by molar-refractivity contribution is 6.30. The average Bonchev–Trinajstić information content (AvgIpc) is 2.67. The van der Waals surface area contributed by atoms with Crippen LogP contribution in [-0.2, 0) is 15.1 Å². The van der Waals surface area contributed by atoms with E-state index in [1.807, 2.05) is 61.5 Å². The number of benzene rings is 2. The molecule has 0 spiro atoms. The summed E-state index contributed by atoms with van der Waals surface area (Å²) in [6.07, 6.45) is 0.737. The van der Waals surface area contributed by atoms with Gasteiger partial charge < -0.3 is 15.4 Å². The van der Waals surface area contributed by atoms with Gasteiger partial charge in [0.25, 0.3) is 0 Å². The molecule has 2 aromatic carbocycles. The van der Waals surface area contributed by atoms with Crippen molar-refractivity contribution in [1.29, 1.82) is 0 Å². The Kier molecular flexibility index (Phi) is 5.71. The van der Waals surface area contributed by atoms with Crippen LogP contribution in [0.5, 0.6) is 0 Å². The van der Waals surface area contributed by atoms with Gasteiger partial charge >= 0.3 is 6.09 Å². The molecule has 142 valence electrons. The summed E-state index contributed by atoms with van der Waals surface area (Å²) in [5, 5.41) is 0.654. The predicted molar refractivity (Wildman–Crippen MR) is 104 cm³/mol. The number of primary amides is 1. The normalized spacial score (nSPS) is 20.8. The van der Waals surface area contributed by atoms with Crippen LogP contribution in [-0.4, -0.2) is 23.4 Å². The van der Waals surface area contributed by atoms with E-state index in [0.717, 1.165) is 11.1 Å². The van der Waals surface area contributed by atoms with Crippen molar-refractivity contribution in [2.24, 2.45) is 5.73 Å². The summed E-state index contributed by atoms with van der Waals surface area (Å²) in [5.41, 5.74) is 6.39. The molecule has 0 bridgehead atoms. The first kappa shape index (κ1) is 19.2. The second-order valence-electron chi connectivity index (χ2n) is 6.87. The van der Waals surface area contributed by atoms with Crippen molar-refractivity contribution in [3.8, 4) is 0 Å². The van der Waals surface area contributed by atoms with Gasteiger partial charge in [0.2, 0.25) is 5.91 Å². The number of ether oxygens (including phenoxy) is 1. The molecule has 2 N–H and O–H groups in total. The third kappa shape index (κ3) is 4.25. The molecule has 2 aromatic rings. The van der Waals surface area contributed by atoms with Gasteiger partial charge in [-0.05, 0) is 30.2 Å². The van der Waals surface area contributed by atoms with Crippen LogP contribution >= 0.6 is 11.6 Å². The molecule has 2 atom stereocenters. The molecule has 0 unspecified atom stereocenters. The molecular weight excluding hydrogens is 364 g/mol. The minimum atomic E-state index is -0.830. The van der Waals surface area contributed by atoms with E-state index in [-0.39, 0.29) is 12.5 Å². The molecule has 0 saturated carbocycles. The molecule has 0 aliphatic carbocycles. The summed E-state index contributed by atoms with van der Waals surface area (Å²) in [6.45, 7) is 2.49. The Balaban J connectivity index is 1.82. The Morgan fingerprint density at radius 1 is 1.22 bits per heavy atom. The number of carbonyl (C=O) groups is 2. The molecule has 27 heavy (non-hydrogen) atoms. The molecule has 0 radical (unpaired) electrons. The summed E-state index contributed by atoms with van der Waals surface area (Å²) < 4.78 is 5.94. The summed E-state index contributed by atoms with van der Waals surface area (Å²) >= 11 is 5.95. The molecule has 2 amide bonds. The fourth-order valence-electron chi connectivity index (χ4n) is 3.53. The van der Waals surface area contributed by atoms with Gasteiger partial charge in [0.15, 0.2) is 0 Å². The van der Waals surface area contributed by atoms with E-state index in [4.69, 9.17) is 22.1 Å². The minimum absolute atomic E-state index is 0.139. The van der Waals surface area contributed by atoms with Gasteiger partial charge in [-0.1, -0.05) is 54.1 Å². The second kappa shape index (κ2) is 8.01. The molecule has 6 heteroatoms. The smallest absolute Gasteiger partial charge is 0.411 e. The van der Waals surface area contributed by atoms with Crippen molar-refractivity contribution in [3.63, 3.8) is 0 Å². The number of cyclic esters (lactones) is 1. The lowest BCUT2D eigenvalue weighted by Crippen LogP contribution is -2.49. The zero-order valence-corrected chi connectivity index (χ0v) is 16.0. The number of rotatable bonds is 6. The molecule has 1 aliphatic heterocycles. The standard InChI is InChI=1S/C21H23ClN2O3/c1-15(16-7-9-18(22)10-8-16)24-14-13-21(27-20(24)26,12-11-19(23)25)17-5-3-2-4-6-17/h2-10,15H,11-14H2,1H3,(H2,23,25)/t15-,21-/m0/s1. The van der Waals surface area contributed by atoms with Crippen LogP contribution in [0.15, 0.2) is 54.6 Å². The number of hydrogen-bond acceptors (Lipinski definition) is 3. The van der Waals surface area contributed by atoms with Gasteiger partial charge in [0.05, 0.1) is 6.04 Å². The lowest BCUT2D eigenvalue weighted by atomic mass is 9.84. The van der Waals surface area contributed by atoms with Gasteiger partial charge in [-0.25, -0.2) is 4.79 Å². The Labute approximate surface area is 164 Å². The Bertz CT molecular complexity index is 810. The topological polar surface area (TPSA) is 72.6 Å². The Morgan fingerprint density at radius 3 is 2.48 bits per heavy atom. The van der Waals surface area contributed by atoms with E-state index in [2.05, 4.69) is 0 Å². The van der Waals surface area contributed by atoms with Crippen molar-refractivity contribution in [2.45, 2.75) is 37.8 Å². The van der Waals surface area contributed by atoms with Crippen LogP contribution in [0, 0.1) is 0 Å². The second-order valence-corrected chi connectivity index (χ2v) is 7.30. The van der Waals surface area contributed by atoms with Crippen molar-refractivity contribution >= 4 is 23.6 Å². The van der Waals surface area contributed by atoms with Gasteiger partial charge in [-0.15, -0.1) is 0 Å². The highest BCUT2D eigenvalue weighted by Gasteiger charge is 2.43. The monoisotopic (exact) mass is 386 g/mol. The van der Waals surface area contributed by atoms with Crippen LogP contribution in [0.25, 0.3) is 0 Å². The molecule has 1 saturated heterocycles. The number of halogens is 1. The summed E-state index contributed by atoms with van der Waals surface area (Å²) in [5.74, 6) is -0.404. The number of nitrogens with two attached hydrogens (primary N) is 1. The van der Waals surface area contributed by atoms with E-state index in [1.165, 1.54) is 0 Å². The predicted octanol–water partition coefficient (Wildman–Crippen LogP) is 4.40. The van der Waals surface area contributed by atoms with Crippen molar-refractivity contribution < 1.29 is 14.3 Å². The Morgan fingerprint density at radius 2 is 1.89 bits per heavy atom. The molecule has 0 aromatic heterocycles. The van der Waals surface area contributed by atoms with E-state index >= 15 is 0 Å². The number of carbonyl (C=O) groups excluding carboxylic acids is 2. The number of amides is 2. The summed E-state index contributed by atoms with van der Waals surface area (Å²) in [4.78, 5) is 25.9. The third-order valence-electron chi connectivity index (χ3n) is 5.17. The van der Waals surface area contributed by atoms with Crippen molar-refractivity contribution in [1.82, 2.24) is 4.90 Å². The van der Waals surface area contributed by atoms with Crippen LogP contribution in [0.4, 0.5) is 4.79 Å². The zero-order chi connectivity index (χ0) is 19.4. The first-order valence-electron chi connectivity index (χ1n) is 9.00. The van der Waals surface area contributed by atoms with Crippen molar-refractivity contribution in [2.75, 3.05) is 6.54 Å². The SMILES string of the molecule is C[C@@H](c1ccc(Cl)cc1)N1CC[C@@](CCC(N)=O)(c2ccccc2)OC1=O. The first-order chi connectivity index (χ1) is 12.9. The fraction of sp³-hybridized carbons (Fsp3) is 0.333. The van der Waals surface area contributed by atoms with Gasteiger partial charge in [-0.2, -0.15) is 0 Å². The zero-order valence-electron chi connectivity index (χ0n) is 15.2. The summed E-state index contributed by atoms with van der Waals surface area (Å²) in [6, 6.07) is 16.9. The lowest BCUT2D eigenvalue weighted by molar-refractivity contribution is -0.121. The van der Waals surface area contributed by atoms with Crippen LogP contribution in [0.1, 0.15) is 43.4 Å². The first-order valence-corrected chi connectivity index (χ1v) is 9.38. The third-order valence-corrected chi connectivity index (χ3v) is 5.42. The van der Waals surface area contributed by atoms with E-state index < -0.39 is 17.6 Å². The van der Waals surface area contributed by atoms with Crippen LogP contribution < -0.4 is 5.73 Å². The number of nitrogens with zero attached hydrogens (tertiary/aromatic N) is 1. The maximum absolute atomic E-state index is 12.9. The minimum Gasteiger partial charge on any atom is -0.438 e. The fourth-order valence-corrected chi connectivity index (χ4v) is 3.66. The molecule has 1 heterocycles. The van der Waals surface area contributed by atoms with Crippen LogP contribution in [0.2, 0.25) is 5.02 Å². The molecule has 1 fully saturated rings. The molecule has 3 rings (SSSR count). The largest absolute Gasteiger partial charge is 0.438 e. The summed E-state index contributed by atoms with van der Waals surface area (Å²) in [7, 11) is 0. The van der Waals surface area contributed by atoms with Crippen LogP contribution in [0.3, 0.4) is 0 Å². The van der Waals surface area contributed by atoms with Gasteiger partial charge in [-0.3, -0.25) is 4.79 Å². The van der Waals surface area contributed by atoms with E-state index in [1.54, 1.807) is 4.90 Å². The van der Waals surface area contributed by atoms with E-state index in [0.29, 0.717) is 24.4 Å². The van der Waals surface area contributed by atoms with Gasteiger partial charge in [0, 0.05) is 30.8 Å². The van der Waals surface area contributed by atoms with Gasteiger partial charge in [0.1, 0.15) is 5.60 Å². The van der Waals surface area contributed by atoms with Crippen molar-refractivity contribution in [3.05, 3.63) is 70.7 Å². The highest BCUT2D eigenvalue weighted by atomic mass is 35.5. The molecule has 1 aliphatic rings. The maximum Gasteiger partial charge on any atom is 0.411 e. The quantitative estimate of drug-likeness (QED) is 0.799. The lowest BCUT2D eigenvalue weighted by Gasteiger charge is -2.43. The molecular formula is C21H23ClN2O3. The maximum atomic E-state index is 12.9. The molecule has 5 nitrogen and oxygen atoms in total. The van der Waals surface area contributed by atoms with E-state index in [9.17, 15) is 9.59 Å². The number of hydrogen-bond donors (Lipinski definition) is 1.